The van der Waals surface area contributed by atoms with E-state index < -0.39 is 0 Å². The summed E-state index contributed by atoms with van der Waals surface area (Å²) in [6.07, 6.45) is 2.94. The third-order valence-electron chi connectivity index (χ3n) is 3.36. The first-order valence-corrected chi connectivity index (χ1v) is 7.29. The van der Waals surface area contributed by atoms with E-state index in [0.717, 1.165) is 30.5 Å². The smallest absolute Gasteiger partial charge is 0.230 e. The molecule has 1 aromatic carbocycles. The largest absolute Gasteiger partial charge is 0.438 e. The van der Waals surface area contributed by atoms with Crippen molar-refractivity contribution >= 4 is 29.0 Å². The van der Waals surface area contributed by atoms with Crippen LogP contribution in [-0.4, -0.2) is 10.8 Å². The Bertz CT molecular complexity index is 711. The molecule has 0 saturated carbocycles. The minimum absolute atomic E-state index is 0.0691. The monoisotopic (exact) mass is 321 g/mol. The molecule has 2 aromatic rings. The number of aromatic nitrogens is 1. The lowest BCUT2D eigenvalue weighted by atomic mass is 10.1. The van der Waals surface area contributed by atoms with Gasteiger partial charge in [0.1, 0.15) is 11.6 Å². The van der Waals surface area contributed by atoms with Crippen molar-refractivity contribution in [3.8, 4) is 11.6 Å². The number of ether oxygens (including phenoxy) is 1. The van der Waals surface area contributed by atoms with Crippen LogP contribution in [0, 0.1) is 5.41 Å². The fourth-order valence-electron chi connectivity index (χ4n) is 2.42. The molecule has 1 aliphatic rings. The van der Waals surface area contributed by atoms with Crippen molar-refractivity contribution < 1.29 is 4.74 Å². The Kier molecular flexibility index (Phi) is 3.74. The minimum Gasteiger partial charge on any atom is -0.438 e. The molecule has 21 heavy (non-hydrogen) atoms. The van der Waals surface area contributed by atoms with Crippen LogP contribution in [0.4, 0.5) is 0 Å². The Morgan fingerprint density at radius 1 is 1.14 bits per heavy atom. The van der Waals surface area contributed by atoms with Crippen molar-refractivity contribution in [1.29, 1.82) is 5.41 Å². The van der Waals surface area contributed by atoms with Crippen molar-refractivity contribution in [2.75, 3.05) is 0 Å². The Hall–Kier alpha value is -1.78. The third kappa shape index (κ3) is 2.96. The molecule has 4 nitrogen and oxygen atoms in total. The van der Waals surface area contributed by atoms with Crippen LogP contribution < -0.4 is 10.5 Å². The lowest BCUT2D eigenvalue weighted by molar-refractivity contribution is 0.460. The molecule has 108 valence electrons. The van der Waals surface area contributed by atoms with Crippen LogP contribution in [0.25, 0.3) is 0 Å². The van der Waals surface area contributed by atoms with E-state index in [9.17, 15) is 0 Å². The van der Waals surface area contributed by atoms with Crippen molar-refractivity contribution in [1.82, 2.24) is 4.98 Å². The second kappa shape index (κ2) is 5.54. The first-order chi connectivity index (χ1) is 10.0. The van der Waals surface area contributed by atoms with Gasteiger partial charge in [-0.2, -0.15) is 0 Å². The van der Waals surface area contributed by atoms with Gasteiger partial charge in [0.25, 0.3) is 0 Å². The molecule has 0 bridgehead atoms. The molecule has 3 N–H and O–H groups in total. The molecular weight excluding hydrogens is 309 g/mol. The molecule has 1 aromatic heterocycles. The highest BCUT2D eigenvalue weighted by Crippen LogP contribution is 2.32. The van der Waals surface area contributed by atoms with E-state index in [1.54, 1.807) is 18.2 Å². The zero-order valence-corrected chi connectivity index (χ0v) is 12.6. The Balaban J connectivity index is 2.03. The molecule has 6 heteroatoms. The zero-order valence-electron chi connectivity index (χ0n) is 11.1. The minimum atomic E-state index is -0.0691. The maximum atomic E-state index is 7.69. The molecule has 3 rings (SSSR count). The molecule has 0 saturated heterocycles. The van der Waals surface area contributed by atoms with Crippen LogP contribution in [0.1, 0.15) is 23.2 Å². The first kappa shape index (κ1) is 14.2. The summed E-state index contributed by atoms with van der Waals surface area (Å²) in [6, 6.07) is 6.80. The highest BCUT2D eigenvalue weighted by atomic mass is 35.5. The molecule has 0 fully saturated rings. The standard InChI is InChI=1S/C15H13Cl2N3O/c16-9-5-10(17)7-11(6-9)21-15-12(14(18)19)4-8-2-1-3-13(8)20-15/h4-7H,1-3H2,(H3,18,19). The van der Waals surface area contributed by atoms with Crippen molar-refractivity contribution in [3.05, 3.63) is 51.1 Å². The van der Waals surface area contributed by atoms with Gasteiger partial charge in [0.15, 0.2) is 0 Å². The Morgan fingerprint density at radius 2 is 1.86 bits per heavy atom. The van der Waals surface area contributed by atoms with E-state index in [-0.39, 0.29) is 5.84 Å². The van der Waals surface area contributed by atoms with Gasteiger partial charge in [-0.05, 0) is 49.1 Å². The number of hydrogen-bond donors (Lipinski definition) is 2. The molecule has 0 unspecified atom stereocenters. The molecule has 0 atom stereocenters. The summed E-state index contributed by atoms with van der Waals surface area (Å²) in [4.78, 5) is 4.50. The number of rotatable bonds is 3. The maximum absolute atomic E-state index is 7.69. The van der Waals surface area contributed by atoms with Crippen LogP contribution in [0.15, 0.2) is 24.3 Å². The molecule has 0 radical (unpaired) electrons. The number of hydrogen-bond acceptors (Lipinski definition) is 3. The van der Waals surface area contributed by atoms with Crippen molar-refractivity contribution in [3.63, 3.8) is 0 Å². The van der Waals surface area contributed by atoms with Crippen LogP contribution in [0.3, 0.4) is 0 Å². The van der Waals surface area contributed by atoms with Crippen LogP contribution in [0.5, 0.6) is 11.6 Å². The summed E-state index contributed by atoms with van der Waals surface area (Å²) >= 11 is 11.9. The van der Waals surface area contributed by atoms with Gasteiger partial charge in [0.2, 0.25) is 5.88 Å². The number of aryl methyl sites for hydroxylation is 2. The number of nitrogens with zero attached hydrogens (tertiary/aromatic N) is 1. The number of pyridine rings is 1. The maximum Gasteiger partial charge on any atom is 0.230 e. The van der Waals surface area contributed by atoms with Gasteiger partial charge in [-0.15, -0.1) is 0 Å². The molecule has 1 heterocycles. The number of fused-ring (bicyclic) bond motifs is 1. The van der Waals surface area contributed by atoms with Gasteiger partial charge < -0.3 is 10.5 Å². The van der Waals surface area contributed by atoms with E-state index in [0.29, 0.717) is 27.2 Å². The van der Waals surface area contributed by atoms with Crippen molar-refractivity contribution in [2.24, 2.45) is 5.73 Å². The normalized spacial score (nSPS) is 13.0. The summed E-state index contributed by atoms with van der Waals surface area (Å²) in [5.41, 5.74) is 8.26. The number of benzene rings is 1. The van der Waals surface area contributed by atoms with E-state index in [1.165, 1.54) is 0 Å². The second-order valence-corrected chi connectivity index (χ2v) is 5.79. The fourth-order valence-corrected chi connectivity index (χ4v) is 2.93. The number of amidine groups is 1. The quantitative estimate of drug-likeness (QED) is 0.664. The topological polar surface area (TPSA) is 72.0 Å². The highest BCUT2D eigenvalue weighted by Gasteiger charge is 2.19. The van der Waals surface area contributed by atoms with Gasteiger partial charge in [-0.3, -0.25) is 5.41 Å². The van der Waals surface area contributed by atoms with E-state index in [4.69, 9.17) is 39.1 Å². The zero-order chi connectivity index (χ0) is 15.0. The Labute approximate surface area is 132 Å². The summed E-state index contributed by atoms with van der Waals surface area (Å²) in [6.45, 7) is 0. The fraction of sp³-hybridized carbons (Fsp3) is 0.200. The lowest BCUT2D eigenvalue weighted by Gasteiger charge is -2.12. The average molecular weight is 322 g/mol. The first-order valence-electron chi connectivity index (χ1n) is 6.54. The molecule has 1 aliphatic carbocycles. The summed E-state index contributed by atoms with van der Waals surface area (Å²) in [5.74, 6) is 0.724. The lowest BCUT2D eigenvalue weighted by Crippen LogP contribution is -2.14. The van der Waals surface area contributed by atoms with E-state index in [1.807, 2.05) is 6.07 Å². The van der Waals surface area contributed by atoms with Gasteiger partial charge in [-0.1, -0.05) is 23.2 Å². The predicted octanol–water partition coefficient (Wildman–Crippen LogP) is 3.95. The summed E-state index contributed by atoms with van der Waals surface area (Å²) in [5, 5.41) is 8.64. The van der Waals surface area contributed by atoms with Gasteiger partial charge in [0, 0.05) is 15.7 Å². The van der Waals surface area contributed by atoms with Crippen LogP contribution >= 0.6 is 23.2 Å². The number of nitrogens with one attached hydrogen (secondary N) is 1. The summed E-state index contributed by atoms with van der Waals surface area (Å²) in [7, 11) is 0. The number of nitrogens with two attached hydrogens (primary N) is 1. The number of nitrogen functional groups attached to an aromatic ring is 1. The van der Waals surface area contributed by atoms with Gasteiger partial charge in [0.05, 0.1) is 5.56 Å². The van der Waals surface area contributed by atoms with E-state index >= 15 is 0 Å². The molecule has 0 aliphatic heterocycles. The number of halogens is 2. The second-order valence-electron chi connectivity index (χ2n) is 4.92. The van der Waals surface area contributed by atoms with Gasteiger partial charge >= 0.3 is 0 Å². The van der Waals surface area contributed by atoms with Crippen LogP contribution in [0.2, 0.25) is 10.0 Å². The predicted molar refractivity (Wildman–Crippen MR) is 83.8 cm³/mol. The van der Waals surface area contributed by atoms with E-state index in [2.05, 4.69) is 4.98 Å². The molecule has 0 amide bonds. The third-order valence-corrected chi connectivity index (χ3v) is 3.79. The average Bonchev–Trinajstić information content (AvgIpc) is 2.83. The highest BCUT2D eigenvalue weighted by molar-refractivity contribution is 6.34. The Morgan fingerprint density at radius 3 is 2.52 bits per heavy atom. The summed E-state index contributed by atoms with van der Waals surface area (Å²) < 4.78 is 5.76. The SMILES string of the molecule is N=C(N)c1cc2c(nc1Oc1cc(Cl)cc(Cl)c1)CCC2. The molecular formula is C15H13Cl2N3O. The van der Waals surface area contributed by atoms with Crippen molar-refractivity contribution in [2.45, 2.75) is 19.3 Å². The molecule has 0 spiro atoms. The van der Waals surface area contributed by atoms with Gasteiger partial charge in [-0.25, -0.2) is 4.98 Å². The van der Waals surface area contributed by atoms with Crippen LogP contribution in [-0.2, 0) is 12.8 Å².